The molecule has 0 aromatic rings. The molecule has 1 aliphatic carbocycles. The van der Waals surface area contributed by atoms with Crippen LogP contribution >= 0.6 is 0 Å². The van der Waals surface area contributed by atoms with E-state index >= 15 is 0 Å². The van der Waals surface area contributed by atoms with Crippen molar-refractivity contribution in [3.63, 3.8) is 0 Å². The fourth-order valence-electron chi connectivity index (χ4n) is 3.63. The standard InChI is InChI=1S/C13H24N2/c1-14-7-3-12(4-8-14)9-15-10-13(11-15)5-2-6-13/h12H,2-11H2,1H3. The molecule has 15 heavy (non-hydrogen) atoms. The van der Waals surface area contributed by atoms with Gasteiger partial charge in [0.15, 0.2) is 0 Å². The molecule has 0 atom stereocenters. The van der Waals surface area contributed by atoms with Crippen molar-refractivity contribution >= 4 is 0 Å². The second kappa shape index (κ2) is 3.74. The van der Waals surface area contributed by atoms with Crippen molar-refractivity contribution in [3.8, 4) is 0 Å². The van der Waals surface area contributed by atoms with E-state index in [1.165, 1.54) is 64.8 Å². The van der Waals surface area contributed by atoms with E-state index in [0.717, 1.165) is 11.3 Å². The topological polar surface area (TPSA) is 6.48 Å². The average molecular weight is 208 g/mol. The van der Waals surface area contributed by atoms with E-state index in [9.17, 15) is 0 Å². The molecule has 0 bridgehead atoms. The molecule has 2 nitrogen and oxygen atoms in total. The summed E-state index contributed by atoms with van der Waals surface area (Å²) in [5.41, 5.74) is 0.825. The predicted molar refractivity (Wildman–Crippen MR) is 62.9 cm³/mol. The summed E-state index contributed by atoms with van der Waals surface area (Å²) in [6, 6.07) is 0. The number of hydrogen-bond donors (Lipinski definition) is 0. The van der Waals surface area contributed by atoms with Crippen LogP contribution in [0, 0.1) is 11.3 Å². The van der Waals surface area contributed by atoms with Crippen molar-refractivity contribution in [1.29, 1.82) is 0 Å². The molecule has 3 rings (SSSR count). The van der Waals surface area contributed by atoms with Crippen LogP contribution in [0.4, 0.5) is 0 Å². The lowest BCUT2D eigenvalue weighted by atomic mass is 9.63. The molecule has 1 spiro atoms. The SMILES string of the molecule is CN1CCC(CN2CC3(CCC3)C2)CC1. The van der Waals surface area contributed by atoms with Gasteiger partial charge >= 0.3 is 0 Å². The Morgan fingerprint density at radius 1 is 1.13 bits per heavy atom. The van der Waals surface area contributed by atoms with Gasteiger partial charge in [0.1, 0.15) is 0 Å². The first-order valence-electron chi connectivity index (χ1n) is 6.67. The lowest BCUT2D eigenvalue weighted by Gasteiger charge is -2.57. The van der Waals surface area contributed by atoms with Crippen LogP contribution in [0.2, 0.25) is 0 Å². The summed E-state index contributed by atoms with van der Waals surface area (Å²) in [4.78, 5) is 5.19. The molecule has 0 aromatic heterocycles. The molecule has 2 heterocycles. The minimum Gasteiger partial charge on any atom is -0.306 e. The van der Waals surface area contributed by atoms with Crippen molar-refractivity contribution in [2.45, 2.75) is 32.1 Å². The van der Waals surface area contributed by atoms with Crippen molar-refractivity contribution in [3.05, 3.63) is 0 Å². The molecule has 2 aliphatic heterocycles. The number of hydrogen-bond acceptors (Lipinski definition) is 2. The maximum absolute atomic E-state index is 2.72. The number of piperidine rings is 1. The van der Waals surface area contributed by atoms with Crippen LogP contribution in [0.15, 0.2) is 0 Å². The van der Waals surface area contributed by atoms with E-state index in [1.54, 1.807) is 0 Å². The lowest BCUT2D eigenvalue weighted by Crippen LogP contribution is -2.60. The van der Waals surface area contributed by atoms with Crippen molar-refractivity contribution in [2.24, 2.45) is 11.3 Å². The highest BCUT2D eigenvalue weighted by Crippen LogP contribution is 2.48. The van der Waals surface area contributed by atoms with Gasteiger partial charge in [0.05, 0.1) is 0 Å². The molecular formula is C13H24N2. The first kappa shape index (κ1) is 10.1. The van der Waals surface area contributed by atoms with E-state index in [0.29, 0.717) is 0 Å². The van der Waals surface area contributed by atoms with E-state index in [-0.39, 0.29) is 0 Å². The van der Waals surface area contributed by atoms with E-state index in [4.69, 9.17) is 0 Å². The van der Waals surface area contributed by atoms with Gasteiger partial charge in [-0.25, -0.2) is 0 Å². The van der Waals surface area contributed by atoms with Gasteiger partial charge in [0.2, 0.25) is 0 Å². The number of likely N-dealkylation sites (tertiary alicyclic amines) is 2. The van der Waals surface area contributed by atoms with Crippen molar-refractivity contribution in [1.82, 2.24) is 9.80 Å². The lowest BCUT2D eigenvalue weighted by molar-refractivity contribution is -0.0694. The highest BCUT2D eigenvalue weighted by molar-refractivity contribution is 5.00. The van der Waals surface area contributed by atoms with Gasteiger partial charge in [-0.1, -0.05) is 6.42 Å². The van der Waals surface area contributed by atoms with Gasteiger partial charge in [-0.2, -0.15) is 0 Å². The maximum atomic E-state index is 2.72. The highest BCUT2D eigenvalue weighted by atomic mass is 15.2. The van der Waals surface area contributed by atoms with Crippen LogP contribution in [0.25, 0.3) is 0 Å². The molecule has 0 amide bonds. The van der Waals surface area contributed by atoms with Gasteiger partial charge in [-0.3, -0.25) is 0 Å². The Balaban J connectivity index is 1.40. The Morgan fingerprint density at radius 2 is 1.80 bits per heavy atom. The van der Waals surface area contributed by atoms with E-state index in [1.807, 2.05) is 0 Å². The normalized spacial score (nSPS) is 32.6. The molecule has 2 saturated heterocycles. The second-order valence-corrected chi connectivity index (χ2v) is 6.27. The van der Waals surface area contributed by atoms with Crippen LogP contribution in [-0.4, -0.2) is 49.6 Å². The Bertz CT molecular complexity index is 219. The van der Waals surface area contributed by atoms with Crippen molar-refractivity contribution in [2.75, 3.05) is 39.8 Å². The Morgan fingerprint density at radius 3 is 2.33 bits per heavy atom. The summed E-state index contributed by atoms with van der Waals surface area (Å²) < 4.78 is 0. The first-order valence-corrected chi connectivity index (χ1v) is 6.67. The summed E-state index contributed by atoms with van der Waals surface area (Å²) in [5.74, 6) is 0.999. The third-order valence-corrected chi connectivity index (χ3v) is 4.89. The fourth-order valence-corrected chi connectivity index (χ4v) is 3.63. The molecule has 3 fully saturated rings. The quantitative estimate of drug-likeness (QED) is 0.683. The molecule has 3 aliphatic rings. The third-order valence-electron chi connectivity index (χ3n) is 4.89. The molecule has 0 N–H and O–H groups in total. The first-order chi connectivity index (χ1) is 7.26. The average Bonchev–Trinajstić information content (AvgIpc) is 2.10. The van der Waals surface area contributed by atoms with E-state index < -0.39 is 0 Å². The van der Waals surface area contributed by atoms with Crippen LogP contribution in [0.1, 0.15) is 32.1 Å². The molecule has 0 unspecified atom stereocenters. The second-order valence-electron chi connectivity index (χ2n) is 6.27. The summed E-state index contributed by atoms with van der Waals surface area (Å²) in [5, 5.41) is 0. The molecular weight excluding hydrogens is 184 g/mol. The molecule has 1 saturated carbocycles. The minimum absolute atomic E-state index is 0.825. The Labute approximate surface area is 93.6 Å². The zero-order chi connectivity index (χ0) is 10.3. The number of rotatable bonds is 2. The largest absolute Gasteiger partial charge is 0.306 e. The highest BCUT2D eigenvalue weighted by Gasteiger charge is 2.47. The van der Waals surface area contributed by atoms with Crippen LogP contribution in [0.3, 0.4) is 0 Å². The Kier molecular flexibility index (Phi) is 2.52. The third kappa shape index (κ3) is 1.94. The zero-order valence-electron chi connectivity index (χ0n) is 10.0. The molecule has 86 valence electrons. The summed E-state index contributed by atoms with van der Waals surface area (Å²) in [6.07, 6.45) is 7.41. The monoisotopic (exact) mass is 208 g/mol. The minimum atomic E-state index is 0.825. The van der Waals surface area contributed by atoms with Crippen molar-refractivity contribution < 1.29 is 0 Å². The van der Waals surface area contributed by atoms with Gasteiger partial charge in [0, 0.05) is 19.6 Å². The van der Waals surface area contributed by atoms with Gasteiger partial charge in [-0.05, 0) is 57.2 Å². The van der Waals surface area contributed by atoms with Crippen LogP contribution in [0.5, 0.6) is 0 Å². The zero-order valence-corrected chi connectivity index (χ0v) is 10.0. The summed E-state index contributed by atoms with van der Waals surface area (Å²) in [6.45, 7) is 6.90. The van der Waals surface area contributed by atoms with Crippen LogP contribution < -0.4 is 0 Å². The van der Waals surface area contributed by atoms with Crippen LogP contribution in [-0.2, 0) is 0 Å². The molecule has 2 heteroatoms. The van der Waals surface area contributed by atoms with Gasteiger partial charge < -0.3 is 9.80 Å². The smallest absolute Gasteiger partial charge is 0.00506 e. The van der Waals surface area contributed by atoms with Gasteiger partial charge in [0.25, 0.3) is 0 Å². The summed E-state index contributed by atoms with van der Waals surface area (Å²) >= 11 is 0. The fraction of sp³-hybridized carbons (Fsp3) is 1.00. The Hall–Kier alpha value is -0.0800. The predicted octanol–water partition coefficient (Wildman–Crippen LogP) is 1.81. The molecule has 0 aromatic carbocycles. The van der Waals surface area contributed by atoms with E-state index in [2.05, 4.69) is 16.8 Å². The molecule has 0 radical (unpaired) electrons. The summed E-state index contributed by atoms with van der Waals surface area (Å²) in [7, 11) is 2.25. The number of nitrogens with zero attached hydrogens (tertiary/aromatic N) is 2. The maximum Gasteiger partial charge on any atom is 0.00506 e. The van der Waals surface area contributed by atoms with Gasteiger partial charge in [-0.15, -0.1) is 0 Å².